The van der Waals surface area contributed by atoms with E-state index in [0.717, 1.165) is 22.7 Å². The van der Waals surface area contributed by atoms with E-state index in [1.165, 1.54) is 18.2 Å². The highest BCUT2D eigenvalue weighted by Crippen LogP contribution is 2.36. The Morgan fingerprint density at radius 3 is 2.68 bits per heavy atom. The Kier molecular flexibility index (Phi) is 4.59. The van der Waals surface area contributed by atoms with Crippen molar-refractivity contribution in [3.63, 3.8) is 0 Å². The molecule has 1 aliphatic heterocycles. The van der Waals surface area contributed by atoms with Crippen LogP contribution in [-0.2, 0) is 9.59 Å². The monoisotopic (exact) mass is 358 g/mol. The number of carboxylic acid groups (broad SMARTS) is 1. The molecule has 0 spiro atoms. The first-order valence-electron chi connectivity index (χ1n) is 7.48. The Morgan fingerprint density at radius 1 is 1.24 bits per heavy atom. The van der Waals surface area contributed by atoms with Crippen molar-refractivity contribution in [2.24, 2.45) is 0 Å². The van der Waals surface area contributed by atoms with E-state index in [9.17, 15) is 23.9 Å². The summed E-state index contributed by atoms with van der Waals surface area (Å²) in [7, 11) is 0. The normalized spacial score (nSPS) is 17.2. The van der Waals surface area contributed by atoms with Gasteiger partial charge in [-0.25, -0.2) is 9.29 Å². The Hall–Kier alpha value is -2.67. The number of hydrogen-bond donors (Lipinski definition) is 0. The van der Waals surface area contributed by atoms with Crippen LogP contribution in [0.15, 0.2) is 47.4 Å². The number of hydrogen-bond acceptors (Lipinski definition) is 5. The molecule has 1 atom stereocenters. The molecule has 2 aromatic rings. The predicted molar refractivity (Wildman–Crippen MR) is 88.7 cm³/mol. The molecule has 0 saturated carbocycles. The van der Waals surface area contributed by atoms with Crippen LogP contribution in [0.2, 0.25) is 0 Å². The van der Waals surface area contributed by atoms with Crippen LogP contribution in [0, 0.1) is 12.7 Å². The Labute approximate surface area is 147 Å². The van der Waals surface area contributed by atoms with Gasteiger partial charge in [-0.15, -0.1) is 11.8 Å². The van der Waals surface area contributed by atoms with E-state index in [1.807, 2.05) is 0 Å². The number of halogens is 1. The summed E-state index contributed by atoms with van der Waals surface area (Å²) in [5, 5.41) is 10.4. The SMILES string of the molecule is Cc1ccc(F)cc1N1C(=O)C[C@@H](Sc2ccccc2C(=O)[O-])C1=O. The first kappa shape index (κ1) is 17.2. The fourth-order valence-corrected chi connectivity index (χ4v) is 3.84. The van der Waals surface area contributed by atoms with Crippen LogP contribution in [-0.4, -0.2) is 23.0 Å². The molecule has 0 radical (unpaired) electrons. The number of carbonyl (C=O) groups is 3. The van der Waals surface area contributed by atoms with Crippen molar-refractivity contribution in [2.45, 2.75) is 23.5 Å². The van der Waals surface area contributed by atoms with E-state index in [4.69, 9.17) is 0 Å². The lowest BCUT2D eigenvalue weighted by molar-refractivity contribution is -0.255. The van der Waals surface area contributed by atoms with Crippen LogP contribution in [0.25, 0.3) is 0 Å². The third-order valence-electron chi connectivity index (χ3n) is 3.89. The Bertz CT molecular complexity index is 883. The summed E-state index contributed by atoms with van der Waals surface area (Å²) in [6, 6.07) is 10.0. The first-order chi connectivity index (χ1) is 11.9. The summed E-state index contributed by atoms with van der Waals surface area (Å²) in [6.07, 6.45) is -0.0825. The minimum absolute atomic E-state index is 0.0341. The average Bonchev–Trinajstić information content (AvgIpc) is 2.84. The number of rotatable bonds is 4. The van der Waals surface area contributed by atoms with Crippen molar-refractivity contribution in [1.82, 2.24) is 0 Å². The molecule has 25 heavy (non-hydrogen) atoms. The number of aromatic carboxylic acids is 1. The number of aryl methyl sites for hydroxylation is 1. The molecule has 0 aliphatic carbocycles. The summed E-state index contributed by atoms with van der Waals surface area (Å²) in [4.78, 5) is 37.5. The van der Waals surface area contributed by atoms with Gasteiger partial charge in [0.25, 0.3) is 0 Å². The fraction of sp³-hybridized carbons (Fsp3) is 0.167. The first-order valence-corrected chi connectivity index (χ1v) is 8.36. The second-order valence-electron chi connectivity index (χ2n) is 5.59. The number of thioether (sulfide) groups is 1. The zero-order chi connectivity index (χ0) is 18.1. The molecule has 2 aromatic carbocycles. The molecular weight excluding hydrogens is 345 g/mol. The number of anilines is 1. The van der Waals surface area contributed by atoms with Gasteiger partial charge in [0.1, 0.15) is 5.82 Å². The second-order valence-corrected chi connectivity index (χ2v) is 6.84. The zero-order valence-electron chi connectivity index (χ0n) is 13.2. The van der Waals surface area contributed by atoms with Gasteiger partial charge in [-0.3, -0.25) is 9.59 Å². The lowest BCUT2D eigenvalue weighted by Gasteiger charge is -2.18. The van der Waals surface area contributed by atoms with Crippen LogP contribution >= 0.6 is 11.8 Å². The minimum atomic E-state index is -1.35. The van der Waals surface area contributed by atoms with E-state index >= 15 is 0 Å². The van der Waals surface area contributed by atoms with Gasteiger partial charge in [0.2, 0.25) is 11.8 Å². The van der Waals surface area contributed by atoms with Crippen molar-refractivity contribution >= 4 is 35.2 Å². The molecule has 1 fully saturated rings. The van der Waals surface area contributed by atoms with Gasteiger partial charge in [-0.2, -0.15) is 0 Å². The standard InChI is InChI=1S/C18H14FNO4S/c1-10-6-7-11(19)8-13(10)20-16(21)9-15(17(20)22)25-14-5-3-2-4-12(14)18(23)24/h2-8,15H,9H2,1H3,(H,23,24)/p-1/t15-/m1/s1. The van der Waals surface area contributed by atoms with E-state index in [2.05, 4.69) is 0 Å². The third-order valence-corrected chi connectivity index (χ3v) is 5.16. The summed E-state index contributed by atoms with van der Waals surface area (Å²) in [6.45, 7) is 1.68. The maximum absolute atomic E-state index is 13.5. The summed E-state index contributed by atoms with van der Waals surface area (Å²) in [5.41, 5.74) is 0.781. The smallest absolute Gasteiger partial charge is 0.247 e. The summed E-state index contributed by atoms with van der Waals surface area (Å²) in [5.74, 6) is -2.82. The van der Waals surface area contributed by atoms with Crippen molar-refractivity contribution < 1.29 is 23.9 Å². The van der Waals surface area contributed by atoms with E-state index in [0.29, 0.717) is 10.5 Å². The van der Waals surface area contributed by atoms with Gasteiger partial charge in [-0.1, -0.05) is 24.3 Å². The quantitative estimate of drug-likeness (QED) is 0.781. The van der Waals surface area contributed by atoms with Crippen LogP contribution in [0.1, 0.15) is 22.3 Å². The number of amides is 2. The molecule has 1 aliphatic rings. The average molecular weight is 358 g/mol. The molecule has 1 saturated heterocycles. The highest BCUT2D eigenvalue weighted by atomic mass is 32.2. The van der Waals surface area contributed by atoms with Gasteiger partial charge < -0.3 is 9.90 Å². The summed E-state index contributed by atoms with van der Waals surface area (Å²) >= 11 is 1.000. The molecule has 3 rings (SSSR count). The van der Waals surface area contributed by atoms with Gasteiger partial charge in [-0.05, 0) is 30.7 Å². The van der Waals surface area contributed by atoms with Crippen molar-refractivity contribution in [2.75, 3.05) is 4.90 Å². The molecule has 128 valence electrons. The van der Waals surface area contributed by atoms with Crippen LogP contribution in [0.3, 0.4) is 0 Å². The van der Waals surface area contributed by atoms with E-state index in [1.54, 1.807) is 25.1 Å². The second kappa shape index (κ2) is 6.68. The highest BCUT2D eigenvalue weighted by Gasteiger charge is 2.41. The molecule has 0 unspecified atom stereocenters. The van der Waals surface area contributed by atoms with Crippen molar-refractivity contribution in [3.8, 4) is 0 Å². The molecule has 0 bridgehead atoms. The number of nitrogens with zero attached hydrogens (tertiary/aromatic N) is 1. The molecule has 5 nitrogen and oxygen atoms in total. The maximum Gasteiger partial charge on any atom is 0.247 e. The minimum Gasteiger partial charge on any atom is -0.545 e. The van der Waals surface area contributed by atoms with E-state index in [-0.39, 0.29) is 17.7 Å². The predicted octanol–water partition coefficient (Wildman–Crippen LogP) is 1.92. The lowest BCUT2D eigenvalue weighted by Crippen LogP contribution is -2.32. The Balaban J connectivity index is 1.90. The third kappa shape index (κ3) is 3.28. The lowest BCUT2D eigenvalue weighted by atomic mass is 10.2. The largest absolute Gasteiger partial charge is 0.545 e. The fourth-order valence-electron chi connectivity index (χ4n) is 2.66. The topological polar surface area (TPSA) is 77.5 Å². The highest BCUT2D eigenvalue weighted by molar-refractivity contribution is 8.00. The van der Waals surface area contributed by atoms with Crippen LogP contribution < -0.4 is 10.0 Å². The molecule has 2 amide bonds. The van der Waals surface area contributed by atoms with Crippen LogP contribution in [0.4, 0.5) is 10.1 Å². The van der Waals surface area contributed by atoms with Gasteiger partial charge in [0, 0.05) is 16.9 Å². The van der Waals surface area contributed by atoms with Crippen molar-refractivity contribution in [3.05, 3.63) is 59.4 Å². The zero-order valence-corrected chi connectivity index (χ0v) is 14.0. The number of benzene rings is 2. The number of carbonyl (C=O) groups excluding carboxylic acids is 3. The van der Waals surface area contributed by atoms with Crippen molar-refractivity contribution in [1.29, 1.82) is 0 Å². The Morgan fingerprint density at radius 2 is 1.96 bits per heavy atom. The van der Waals surface area contributed by atoms with Crippen LogP contribution in [0.5, 0.6) is 0 Å². The van der Waals surface area contributed by atoms with E-state index < -0.39 is 28.9 Å². The number of imide groups is 1. The molecule has 1 heterocycles. The molecule has 7 heteroatoms. The van der Waals surface area contributed by atoms with Gasteiger partial charge in [0.05, 0.1) is 16.9 Å². The molecule has 0 N–H and O–H groups in total. The van der Waals surface area contributed by atoms with Gasteiger partial charge in [0.15, 0.2) is 0 Å². The number of carboxylic acids is 1. The van der Waals surface area contributed by atoms with Gasteiger partial charge >= 0.3 is 0 Å². The maximum atomic E-state index is 13.5. The molecule has 0 aromatic heterocycles. The summed E-state index contributed by atoms with van der Waals surface area (Å²) < 4.78 is 13.5. The molecular formula is C18H13FNO4S-.